The van der Waals surface area contributed by atoms with E-state index in [1.54, 1.807) is 0 Å². The van der Waals surface area contributed by atoms with Gasteiger partial charge in [0, 0.05) is 68.4 Å². The molecule has 5 aromatic heterocycles. The highest BCUT2D eigenvalue weighted by Crippen LogP contribution is 2.46. The van der Waals surface area contributed by atoms with Gasteiger partial charge in [0.2, 0.25) is 0 Å². The van der Waals surface area contributed by atoms with Crippen LogP contribution in [-0.2, 0) is 0 Å². The van der Waals surface area contributed by atoms with Crippen molar-refractivity contribution in [3.63, 3.8) is 0 Å². The van der Waals surface area contributed by atoms with Crippen LogP contribution in [0.15, 0.2) is 177 Å². The predicted octanol–water partition coefficient (Wildman–Crippen LogP) is 11.7. The lowest BCUT2D eigenvalue weighted by molar-refractivity contribution is 1.16. The van der Waals surface area contributed by atoms with Crippen LogP contribution in [0.4, 0.5) is 0 Å². The van der Waals surface area contributed by atoms with Crippen LogP contribution in [0.5, 0.6) is 0 Å². The normalized spacial score (nSPS) is 11.8. The molecule has 0 aliphatic rings. The van der Waals surface area contributed by atoms with Gasteiger partial charge in [-0.05, 0) is 82.7 Å². The Morgan fingerprint density at radius 1 is 0.346 bits per heavy atom. The number of benzene rings is 6. The molecule has 0 amide bonds. The standard InChI is InChI=1S/C47H29N5/c1-5-15-41-34(11-1)35-12-2-6-16-42(35)51(41)32-19-20-38-39(26-32)46(31-10-9-23-49-28-31)45(30-21-24-48-25-22-30)40-27-33(29-50-47(38)40)52-43-17-7-3-13-36(43)37-14-4-8-18-44(37)52/h1-29H. The maximum absolute atomic E-state index is 5.33. The zero-order valence-corrected chi connectivity index (χ0v) is 28.0. The van der Waals surface area contributed by atoms with E-state index in [0.717, 1.165) is 66.3 Å². The van der Waals surface area contributed by atoms with Crippen LogP contribution >= 0.6 is 0 Å². The number of hydrogen-bond donors (Lipinski definition) is 0. The lowest BCUT2D eigenvalue weighted by Gasteiger charge is -2.20. The molecule has 0 fully saturated rings. The van der Waals surface area contributed by atoms with Crippen molar-refractivity contribution in [2.75, 3.05) is 0 Å². The fraction of sp³-hybridized carbons (Fsp3) is 0. The van der Waals surface area contributed by atoms with Crippen LogP contribution < -0.4 is 0 Å². The summed E-state index contributed by atoms with van der Waals surface area (Å²) in [4.78, 5) is 14.4. The van der Waals surface area contributed by atoms with Gasteiger partial charge >= 0.3 is 0 Å². The molecular weight excluding hydrogens is 635 g/mol. The number of aromatic nitrogens is 5. The molecule has 0 radical (unpaired) electrons. The van der Waals surface area contributed by atoms with Gasteiger partial charge in [0.15, 0.2) is 0 Å². The van der Waals surface area contributed by atoms with Crippen LogP contribution in [0.25, 0.3) is 98.9 Å². The van der Waals surface area contributed by atoms with Crippen LogP contribution in [0.2, 0.25) is 0 Å². The van der Waals surface area contributed by atoms with Crippen molar-refractivity contribution in [1.29, 1.82) is 0 Å². The summed E-state index contributed by atoms with van der Waals surface area (Å²) < 4.78 is 4.72. The summed E-state index contributed by atoms with van der Waals surface area (Å²) in [6.07, 6.45) is 9.59. The zero-order chi connectivity index (χ0) is 34.2. The van der Waals surface area contributed by atoms with Gasteiger partial charge in [-0.3, -0.25) is 15.0 Å². The summed E-state index contributed by atoms with van der Waals surface area (Å²) in [6.45, 7) is 0. The first kappa shape index (κ1) is 28.7. The summed E-state index contributed by atoms with van der Waals surface area (Å²) in [7, 11) is 0. The van der Waals surface area contributed by atoms with E-state index in [1.807, 2.05) is 37.1 Å². The second-order valence-corrected chi connectivity index (χ2v) is 13.3. The molecule has 52 heavy (non-hydrogen) atoms. The molecule has 0 bridgehead atoms. The first-order chi connectivity index (χ1) is 25.8. The van der Waals surface area contributed by atoms with Gasteiger partial charge in [-0.15, -0.1) is 0 Å². The Kier molecular flexibility index (Phi) is 6.18. The first-order valence-corrected chi connectivity index (χ1v) is 17.5. The molecule has 5 nitrogen and oxygen atoms in total. The second kappa shape index (κ2) is 11.2. The van der Waals surface area contributed by atoms with Crippen LogP contribution in [0, 0.1) is 0 Å². The third kappa shape index (κ3) is 4.14. The first-order valence-electron chi connectivity index (χ1n) is 17.5. The highest BCUT2D eigenvalue weighted by atomic mass is 15.0. The van der Waals surface area contributed by atoms with Gasteiger partial charge in [-0.25, -0.2) is 0 Å². The smallest absolute Gasteiger partial charge is 0.0788 e. The fourth-order valence-corrected chi connectivity index (χ4v) is 8.37. The molecule has 5 heterocycles. The Morgan fingerprint density at radius 3 is 1.46 bits per heavy atom. The maximum Gasteiger partial charge on any atom is 0.0788 e. The molecule has 0 aliphatic heterocycles. The minimum atomic E-state index is 0.952. The van der Waals surface area contributed by atoms with E-state index >= 15 is 0 Å². The van der Waals surface area contributed by atoms with E-state index < -0.39 is 0 Å². The van der Waals surface area contributed by atoms with E-state index in [-0.39, 0.29) is 0 Å². The van der Waals surface area contributed by atoms with Crippen molar-refractivity contribution in [3.8, 4) is 33.6 Å². The maximum atomic E-state index is 5.33. The van der Waals surface area contributed by atoms with Crippen molar-refractivity contribution < 1.29 is 0 Å². The van der Waals surface area contributed by atoms with Crippen LogP contribution in [-0.4, -0.2) is 24.1 Å². The average molecular weight is 664 g/mol. The lowest BCUT2D eigenvalue weighted by atomic mass is 9.87. The molecule has 0 spiro atoms. The van der Waals surface area contributed by atoms with Crippen molar-refractivity contribution in [1.82, 2.24) is 24.1 Å². The van der Waals surface area contributed by atoms with Crippen LogP contribution in [0.3, 0.4) is 0 Å². The van der Waals surface area contributed by atoms with Crippen molar-refractivity contribution in [2.45, 2.75) is 0 Å². The molecule has 242 valence electrons. The summed E-state index contributed by atoms with van der Waals surface area (Å²) >= 11 is 0. The van der Waals surface area contributed by atoms with Gasteiger partial charge in [-0.1, -0.05) is 84.9 Å². The molecule has 11 rings (SSSR count). The lowest BCUT2D eigenvalue weighted by Crippen LogP contribution is -1.99. The average Bonchev–Trinajstić information content (AvgIpc) is 3.74. The number of pyridine rings is 3. The Labute approximate surface area is 298 Å². The number of rotatable bonds is 4. The molecule has 6 aromatic carbocycles. The minimum Gasteiger partial charge on any atom is -0.309 e. The Morgan fingerprint density at radius 2 is 0.885 bits per heavy atom. The van der Waals surface area contributed by atoms with Gasteiger partial charge in [0.1, 0.15) is 0 Å². The molecule has 0 saturated carbocycles. The van der Waals surface area contributed by atoms with Gasteiger partial charge in [0.25, 0.3) is 0 Å². The number of para-hydroxylation sites is 4. The van der Waals surface area contributed by atoms with Crippen LogP contribution in [0.1, 0.15) is 0 Å². The van der Waals surface area contributed by atoms with Crippen molar-refractivity contribution in [3.05, 3.63) is 177 Å². The molecule has 0 atom stereocenters. The highest BCUT2D eigenvalue weighted by molar-refractivity contribution is 6.21. The SMILES string of the molecule is c1cncc(-c2c(-c3ccncc3)c3cc(-n4c5ccccc5c5ccccc54)cnc3c3ccc(-n4c5ccccc5c5ccccc54)cc23)c1. The Hall–Kier alpha value is -7.11. The summed E-state index contributed by atoms with van der Waals surface area (Å²) in [5.74, 6) is 0. The second-order valence-electron chi connectivity index (χ2n) is 13.3. The summed E-state index contributed by atoms with van der Waals surface area (Å²) in [5.41, 5.74) is 12.1. The number of nitrogens with zero attached hydrogens (tertiary/aromatic N) is 5. The van der Waals surface area contributed by atoms with E-state index in [4.69, 9.17) is 4.98 Å². The highest BCUT2D eigenvalue weighted by Gasteiger charge is 2.22. The molecule has 0 unspecified atom stereocenters. The molecule has 0 aliphatic carbocycles. The zero-order valence-electron chi connectivity index (χ0n) is 28.0. The fourth-order valence-electron chi connectivity index (χ4n) is 8.37. The molecule has 0 saturated heterocycles. The third-order valence-corrected chi connectivity index (χ3v) is 10.5. The molecular formula is C47H29N5. The molecule has 0 N–H and O–H groups in total. The Bertz CT molecular complexity index is 2850. The Balaban J connectivity index is 1.29. The van der Waals surface area contributed by atoms with E-state index in [1.165, 1.54) is 32.6 Å². The van der Waals surface area contributed by atoms with Gasteiger partial charge < -0.3 is 9.13 Å². The monoisotopic (exact) mass is 663 g/mol. The largest absolute Gasteiger partial charge is 0.309 e. The third-order valence-electron chi connectivity index (χ3n) is 10.5. The van der Waals surface area contributed by atoms with E-state index in [0.29, 0.717) is 0 Å². The minimum absolute atomic E-state index is 0.952. The van der Waals surface area contributed by atoms with E-state index in [2.05, 4.69) is 159 Å². The quantitative estimate of drug-likeness (QED) is 0.176. The van der Waals surface area contributed by atoms with E-state index in [9.17, 15) is 0 Å². The van der Waals surface area contributed by atoms with Gasteiger partial charge in [-0.2, -0.15) is 0 Å². The van der Waals surface area contributed by atoms with Crippen molar-refractivity contribution in [2.24, 2.45) is 0 Å². The van der Waals surface area contributed by atoms with Gasteiger partial charge in [0.05, 0.1) is 39.5 Å². The van der Waals surface area contributed by atoms with Crippen molar-refractivity contribution >= 4 is 65.3 Å². The summed E-state index contributed by atoms with van der Waals surface area (Å²) in [5, 5.41) is 8.19. The topological polar surface area (TPSA) is 48.5 Å². The predicted molar refractivity (Wildman–Crippen MR) is 214 cm³/mol. The number of hydrogen-bond acceptors (Lipinski definition) is 3. The molecule has 5 heteroatoms. The molecule has 11 aromatic rings. The number of fused-ring (bicyclic) bond motifs is 9. The summed E-state index contributed by atoms with van der Waals surface area (Å²) in [6, 6.07) is 52.1.